The fraction of sp³-hybridized carbons (Fsp3) is 0.929. The molecule has 2 unspecified atom stereocenters. The molecule has 112 valence electrons. The third kappa shape index (κ3) is 6.89. The van der Waals surface area contributed by atoms with Crippen LogP contribution < -0.4 is 10.6 Å². The summed E-state index contributed by atoms with van der Waals surface area (Å²) in [5.41, 5.74) is 0. The Bertz CT molecular complexity index is 255. The number of nitrogens with zero attached hydrogens (tertiary/aromatic N) is 1. The maximum absolute atomic E-state index is 11.8. The van der Waals surface area contributed by atoms with Gasteiger partial charge in [-0.25, -0.2) is 0 Å². The van der Waals surface area contributed by atoms with Crippen LogP contribution in [0.3, 0.4) is 0 Å². The van der Waals surface area contributed by atoms with Crippen LogP contribution in [0.15, 0.2) is 0 Å². The summed E-state index contributed by atoms with van der Waals surface area (Å²) in [5.74, 6) is 0.0440. The van der Waals surface area contributed by atoms with E-state index < -0.39 is 0 Å². The molecule has 1 heterocycles. The van der Waals surface area contributed by atoms with Crippen molar-refractivity contribution >= 4 is 5.91 Å². The number of piperidine rings is 1. The molecule has 0 aliphatic carbocycles. The van der Waals surface area contributed by atoms with E-state index in [1.807, 2.05) is 6.92 Å². The Morgan fingerprint density at radius 2 is 1.95 bits per heavy atom. The van der Waals surface area contributed by atoms with Crippen molar-refractivity contribution in [2.45, 2.75) is 45.2 Å². The monoisotopic (exact) mass is 271 g/mol. The van der Waals surface area contributed by atoms with Gasteiger partial charge in [-0.15, -0.1) is 0 Å². The van der Waals surface area contributed by atoms with Crippen molar-refractivity contribution in [3.8, 4) is 0 Å². The summed E-state index contributed by atoms with van der Waals surface area (Å²) >= 11 is 0. The lowest BCUT2D eigenvalue weighted by molar-refractivity contribution is -0.123. The summed E-state index contributed by atoms with van der Waals surface area (Å²) < 4.78 is 4.91. The first-order valence-corrected chi connectivity index (χ1v) is 7.38. The quantitative estimate of drug-likeness (QED) is 0.635. The van der Waals surface area contributed by atoms with E-state index in [1.54, 1.807) is 7.11 Å². The minimum atomic E-state index is -0.156. The molecule has 2 N–H and O–H groups in total. The van der Waals surface area contributed by atoms with Crippen LogP contribution in [0, 0.1) is 0 Å². The SMILES string of the molecule is COCCNC(=O)C(C)NC(C)CN1CCCCC1. The second-order valence-electron chi connectivity index (χ2n) is 5.43. The van der Waals surface area contributed by atoms with Crippen LogP contribution in [-0.2, 0) is 9.53 Å². The van der Waals surface area contributed by atoms with Crippen molar-refractivity contribution < 1.29 is 9.53 Å². The summed E-state index contributed by atoms with van der Waals surface area (Å²) in [6.07, 6.45) is 3.97. The number of methoxy groups -OCH3 is 1. The maximum Gasteiger partial charge on any atom is 0.236 e. The molecule has 1 rings (SSSR count). The van der Waals surface area contributed by atoms with Crippen molar-refractivity contribution in [2.75, 3.05) is 39.9 Å². The van der Waals surface area contributed by atoms with Crippen LogP contribution in [0.4, 0.5) is 0 Å². The summed E-state index contributed by atoms with van der Waals surface area (Å²) in [6, 6.07) is 0.179. The second-order valence-corrected chi connectivity index (χ2v) is 5.43. The number of hydrogen-bond acceptors (Lipinski definition) is 4. The van der Waals surface area contributed by atoms with E-state index in [4.69, 9.17) is 4.74 Å². The summed E-state index contributed by atoms with van der Waals surface area (Å²) in [4.78, 5) is 14.3. The maximum atomic E-state index is 11.8. The van der Waals surface area contributed by atoms with Gasteiger partial charge in [-0.2, -0.15) is 0 Å². The van der Waals surface area contributed by atoms with Crippen molar-refractivity contribution in [3.63, 3.8) is 0 Å². The van der Waals surface area contributed by atoms with Gasteiger partial charge in [0.15, 0.2) is 0 Å². The number of hydrogen-bond donors (Lipinski definition) is 2. The van der Waals surface area contributed by atoms with Crippen molar-refractivity contribution in [3.05, 3.63) is 0 Å². The molecule has 1 saturated heterocycles. The number of carbonyl (C=O) groups excluding carboxylic acids is 1. The van der Waals surface area contributed by atoms with Gasteiger partial charge in [0.2, 0.25) is 5.91 Å². The molecule has 2 atom stereocenters. The fourth-order valence-corrected chi connectivity index (χ4v) is 2.51. The summed E-state index contributed by atoms with van der Waals surface area (Å²) in [7, 11) is 1.63. The Morgan fingerprint density at radius 3 is 2.58 bits per heavy atom. The molecule has 0 bridgehead atoms. The lowest BCUT2D eigenvalue weighted by atomic mass is 10.1. The molecule has 1 aliphatic heterocycles. The van der Waals surface area contributed by atoms with E-state index in [9.17, 15) is 4.79 Å². The first-order chi connectivity index (χ1) is 9.13. The van der Waals surface area contributed by atoms with Gasteiger partial charge in [0.05, 0.1) is 12.6 Å². The number of ether oxygens (including phenoxy) is 1. The molecule has 0 radical (unpaired) electrons. The number of rotatable bonds is 8. The zero-order valence-corrected chi connectivity index (χ0v) is 12.6. The van der Waals surface area contributed by atoms with Crippen molar-refractivity contribution in [1.29, 1.82) is 0 Å². The number of amides is 1. The number of carbonyl (C=O) groups is 1. The normalized spacial score (nSPS) is 19.9. The average Bonchev–Trinajstić information content (AvgIpc) is 2.39. The Hall–Kier alpha value is -0.650. The van der Waals surface area contributed by atoms with E-state index in [0.717, 1.165) is 6.54 Å². The lowest BCUT2D eigenvalue weighted by Crippen LogP contribution is -2.50. The van der Waals surface area contributed by atoms with Crippen LogP contribution >= 0.6 is 0 Å². The Kier molecular flexibility index (Phi) is 8.02. The van der Waals surface area contributed by atoms with Crippen molar-refractivity contribution in [1.82, 2.24) is 15.5 Å². The number of likely N-dealkylation sites (tertiary alicyclic amines) is 1. The predicted octanol–water partition coefficient (Wildman–Crippen LogP) is 0.602. The van der Waals surface area contributed by atoms with Crippen LogP contribution in [0.1, 0.15) is 33.1 Å². The van der Waals surface area contributed by atoms with Gasteiger partial charge in [-0.1, -0.05) is 6.42 Å². The van der Waals surface area contributed by atoms with Gasteiger partial charge in [-0.3, -0.25) is 4.79 Å². The van der Waals surface area contributed by atoms with Crippen LogP contribution in [-0.4, -0.2) is 62.8 Å². The minimum absolute atomic E-state index is 0.0440. The van der Waals surface area contributed by atoms with E-state index in [2.05, 4.69) is 22.5 Å². The van der Waals surface area contributed by atoms with E-state index >= 15 is 0 Å². The lowest BCUT2D eigenvalue weighted by Gasteiger charge is -2.30. The highest BCUT2D eigenvalue weighted by Gasteiger charge is 2.17. The predicted molar refractivity (Wildman–Crippen MR) is 77.2 cm³/mol. The second kappa shape index (κ2) is 9.28. The molecule has 1 aliphatic rings. The topological polar surface area (TPSA) is 53.6 Å². The first-order valence-electron chi connectivity index (χ1n) is 7.38. The zero-order chi connectivity index (χ0) is 14.1. The van der Waals surface area contributed by atoms with Crippen molar-refractivity contribution in [2.24, 2.45) is 0 Å². The molecule has 5 nitrogen and oxygen atoms in total. The highest BCUT2D eigenvalue weighted by molar-refractivity contribution is 5.81. The smallest absolute Gasteiger partial charge is 0.236 e. The molecule has 5 heteroatoms. The largest absolute Gasteiger partial charge is 0.383 e. The summed E-state index contributed by atoms with van der Waals surface area (Å²) in [5, 5.41) is 6.21. The average molecular weight is 271 g/mol. The van der Waals surface area contributed by atoms with E-state index in [1.165, 1.54) is 32.4 Å². The third-order valence-electron chi connectivity index (χ3n) is 3.51. The zero-order valence-electron chi connectivity index (χ0n) is 12.6. The Labute approximate surface area is 117 Å². The highest BCUT2D eigenvalue weighted by atomic mass is 16.5. The molecular weight excluding hydrogens is 242 g/mol. The molecule has 19 heavy (non-hydrogen) atoms. The molecular formula is C14H29N3O2. The van der Waals surface area contributed by atoms with Gasteiger partial charge in [0.1, 0.15) is 0 Å². The van der Waals surface area contributed by atoms with Gasteiger partial charge in [0.25, 0.3) is 0 Å². The molecule has 1 fully saturated rings. The standard InChI is InChI=1S/C14H29N3O2/c1-12(11-17-8-5-4-6-9-17)16-13(2)14(18)15-7-10-19-3/h12-13,16H,4-11H2,1-3H3,(H,15,18). The van der Waals surface area contributed by atoms with Crippen LogP contribution in [0.25, 0.3) is 0 Å². The summed E-state index contributed by atoms with van der Waals surface area (Å²) in [6.45, 7) is 8.60. The molecule has 0 spiro atoms. The van der Waals surface area contributed by atoms with Gasteiger partial charge >= 0.3 is 0 Å². The van der Waals surface area contributed by atoms with Gasteiger partial charge < -0.3 is 20.3 Å². The number of nitrogens with one attached hydrogen (secondary N) is 2. The highest BCUT2D eigenvalue weighted by Crippen LogP contribution is 2.08. The van der Waals surface area contributed by atoms with Crippen LogP contribution in [0.5, 0.6) is 0 Å². The molecule has 0 aromatic carbocycles. The Balaban J connectivity index is 2.18. The van der Waals surface area contributed by atoms with Gasteiger partial charge in [0, 0.05) is 26.2 Å². The van der Waals surface area contributed by atoms with Crippen LogP contribution in [0.2, 0.25) is 0 Å². The van der Waals surface area contributed by atoms with E-state index in [0.29, 0.717) is 19.2 Å². The molecule has 0 aromatic heterocycles. The first kappa shape index (κ1) is 16.4. The minimum Gasteiger partial charge on any atom is -0.383 e. The molecule has 0 saturated carbocycles. The third-order valence-corrected chi connectivity index (χ3v) is 3.51. The Morgan fingerprint density at radius 1 is 1.26 bits per heavy atom. The molecule has 0 aromatic rings. The molecule has 1 amide bonds. The van der Waals surface area contributed by atoms with Gasteiger partial charge in [-0.05, 0) is 39.8 Å². The fourth-order valence-electron chi connectivity index (χ4n) is 2.51. The van der Waals surface area contributed by atoms with E-state index in [-0.39, 0.29) is 11.9 Å².